The normalized spacial score (nSPS) is 24.9. The molecule has 1 unspecified atom stereocenters. The summed E-state index contributed by atoms with van der Waals surface area (Å²) in [5.41, 5.74) is 0.292. The van der Waals surface area contributed by atoms with E-state index in [1.54, 1.807) is 11.0 Å². The van der Waals surface area contributed by atoms with Gasteiger partial charge in [0.1, 0.15) is 12.7 Å². The first-order valence-corrected chi connectivity index (χ1v) is 8.13. The molecule has 2 aliphatic rings. The smallest absolute Gasteiger partial charge is 0.222 e. The molecule has 1 saturated heterocycles. The van der Waals surface area contributed by atoms with Gasteiger partial charge < -0.3 is 10.6 Å². The van der Waals surface area contributed by atoms with E-state index in [0.29, 0.717) is 24.5 Å². The first-order valence-electron chi connectivity index (χ1n) is 8.13. The molecule has 1 aliphatic carbocycles. The van der Waals surface area contributed by atoms with Crippen LogP contribution in [0.15, 0.2) is 12.7 Å². The van der Waals surface area contributed by atoms with Crippen LogP contribution in [0.3, 0.4) is 0 Å². The Balaban J connectivity index is 1.46. The lowest BCUT2D eigenvalue weighted by Gasteiger charge is -2.44. The summed E-state index contributed by atoms with van der Waals surface area (Å²) in [5.74, 6) is 0.128. The highest BCUT2D eigenvalue weighted by atomic mass is 16.1. The van der Waals surface area contributed by atoms with Crippen molar-refractivity contribution >= 4 is 5.91 Å². The fourth-order valence-corrected chi connectivity index (χ4v) is 3.75. The number of hydrogen-bond acceptors (Lipinski definition) is 4. The minimum Gasteiger partial charge on any atom is -0.353 e. The standard InChI is InChI=1S/C15H25N5O/c21-14(5-9-20-12-16-11-18-20)19-13-4-8-17-15(10-13)6-2-1-3-7-15/h11-13,17H,1-10H2,(H,19,21). The molecule has 1 spiro atoms. The van der Waals surface area contributed by atoms with E-state index in [1.807, 2.05) is 0 Å². The number of nitrogens with zero attached hydrogens (tertiary/aromatic N) is 3. The summed E-state index contributed by atoms with van der Waals surface area (Å²) < 4.78 is 1.70. The van der Waals surface area contributed by atoms with Gasteiger partial charge in [-0.3, -0.25) is 9.48 Å². The van der Waals surface area contributed by atoms with Crippen molar-refractivity contribution in [2.24, 2.45) is 0 Å². The predicted octanol–water partition coefficient (Wildman–Crippen LogP) is 1.24. The second kappa shape index (κ2) is 6.56. The van der Waals surface area contributed by atoms with Crippen molar-refractivity contribution in [1.29, 1.82) is 0 Å². The second-order valence-corrected chi connectivity index (χ2v) is 6.43. The molecule has 0 bridgehead atoms. The van der Waals surface area contributed by atoms with E-state index in [1.165, 1.54) is 38.4 Å². The molecular weight excluding hydrogens is 266 g/mol. The van der Waals surface area contributed by atoms with Crippen LogP contribution < -0.4 is 10.6 Å². The van der Waals surface area contributed by atoms with Crippen LogP contribution in [-0.2, 0) is 11.3 Å². The molecule has 0 aromatic carbocycles. The van der Waals surface area contributed by atoms with E-state index < -0.39 is 0 Å². The summed E-state index contributed by atoms with van der Waals surface area (Å²) in [6.07, 6.45) is 12.3. The summed E-state index contributed by atoms with van der Waals surface area (Å²) in [7, 11) is 0. The Morgan fingerprint density at radius 2 is 2.24 bits per heavy atom. The predicted molar refractivity (Wildman–Crippen MR) is 79.6 cm³/mol. The Hall–Kier alpha value is -1.43. The van der Waals surface area contributed by atoms with Crippen LogP contribution in [0, 0.1) is 0 Å². The minimum absolute atomic E-state index is 0.128. The van der Waals surface area contributed by atoms with Gasteiger partial charge in [0.25, 0.3) is 0 Å². The molecule has 1 aromatic rings. The van der Waals surface area contributed by atoms with Crippen LogP contribution >= 0.6 is 0 Å². The molecule has 2 fully saturated rings. The summed E-state index contributed by atoms with van der Waals surface area (Å²) in [6, 6.07) is 0.326. The molecule has 2 heterocycles. The summed E-state index contributed by atoms with van der Waals surface area (Å²) in [4.78, 5) is 16.0. The van der Waals surface area contributed by atoms with Gasteiger partial charge in [0.05, 0.1) is 6.54 Å². The Morgan fingerprint density at radius 3 is 3.00 bits per heavy atom. The molecule has 1 atom stereocenters. The quantitative estimate of drug-likeness (QED) is 0.875. The molecule has 6 heteroatoms. The van der Waals surface area contributed by atoms with Crippen molar-refractivity contribution in [3.63, 3.8) is 0 Å². The molecule has 1 saturated carbocycles. The Labute approximate surface area is 125 Å². The number of rotatable bonds is 4. The lowest BCUT2D eigenvalue weighted by atomic mass is 9.75. The molecule has 6 nitrogen and oxygen atoms in total. The number of nitrogens with one attached hydrogen (secondary N) is 2. The highest BCUT2D eigenvalue weighted by Crippen LogP contribution is 2.34. The number of hydrogen-bond donors (Lipinski definition) is 2. The number of carbonyl (C=O) groups is 1. The van der Waals surface area contributed by atoms with Crippen LogP contribution in [0.4, 0.5) is 0 Å². The first-order chi connectivity index (χ1) is 10.3. The molecule has 1 amide bonds. The number of aromatic nitrogens is 3. The SMILES string of the molecule is O=C(CCn1cncn1)NC1CCNC2(CCCCC2)C1. The molecule has 0 radical (unpaired) electrons. The van der Waals surface area contributed by atoms with Gasteiger partial charge in [-0.2, -0.15) is 5.10 Å². The van der Waals surface area contributed by atoms with Gasteiger partial charge in [0, 0.05) is 18.0 Å². The van der Waals surface area contributed by atoms with Gasteiger partial charge in [-0.15, -0.1) is 0 Å². The van der Waals surface area contributed by atoms with Crippen molar-refractivity contribution in [2.75, 3.05) is 6.54 Å². The average molecular weight is 291 g/mol. The summed E-state index contributed by atoms with van der Waals surface area (Å²) in [6.45, 7) is 1.62. The fraction of sp³-hybridized carbons (Fsp3) is 0.800. The molecule has 116 valence electrons. The lowest BCUT2D eigenvalue weighted by molar-refractivity contribution is -0.122. The van der Waals surface area contributed by atoms with Crippen LogP contribution in [0.1, 0.15) is 51.4 Å². The topological polar surface area (TPSA) is 71.8 Å². The molecule has 1 aliphatic heterocycles. The molecule has 21 heavy (non-hydrogen) atoms. The third-order valence-electron chi connectivity index (χ3n) is 4.84. The summed E-state index contributed by atoms with van der Waals surface area (Å²) >= 11 is 0. The van der Waals surface area contributed by atoms with Crippen molar-refractivity contribution in [3.05, 3.63) is 12.7 Å². The van der Waals surface area contributed by atoms with Crippen LogP contribution in [0.5, 0.6) is 0 Å². The third-order valence-corrected chi connectivity index (χ3v) is 4.84. The fourth-order valence-electron chi connectivity index (χ4n) is 3.75. The molecule has 3 rings (SSSR count). The van der Waals surface area contributed by atoms with Gasteiger partial charge in [-0.05, 0) is 32.2 Å². The average Bonchev–Trinajstić information content (AvgIpc) is 2.99. The minimum atomic E-state index is 0.128. The third kappa shape index (κ3) is 3.81. The van der Waals surface area contributed by atoms with Gasteiger partial charge in [-0.1, -0.05) is 19.3 Å². The van der Waals surface area contributed by atoms with Gasteiger partial charge in [-0.25, -0.2) is 4.98 Å². The highest BCUT2D eigenvalue weighted by Gasteiger charge is 2.37. The van der Waals surface area contributed by atoms with Gasteiger partial charge in [0.2, 0.25) is 5.91 Å². The maximum atomic E-state index is 12.1. The highest BCUT2D eigenvalue weighted by molar-refractivity contribution is 5.76. The van der Waals surface area contributed by atoms with Crippen molar-refractivity contribution in [2.45, 2.75) is 69.5 Å². The molecule has 1 aromatic heterocycles. The first kappa shape index (κ1) is 14.5. The van der Waals surface area contributed by atoms with E-state index in [9.17, 15) is 4.79 Å². The van der Waals surface area contributed by atoms with Crippen molar-refractivity contribution < 1.29 is 4.79 Å². The number of piperidine rings is 1. The van der Waals surface area contributed by atoms with E-state index in [0.717, 1.165) is 19.4 Å². The van der Waals surface area contributed by atoms with Crippen molar-refractivity contribution in [1.82, 2.24) is 25.4 Å². The van der Waals surface area contributed by atoms with Crippen LogP contribution in [-0.4, -0.2) is 38.8 Å². The van der Waals surface area contributed by atoms with E-state index in [-0.39, 0.29) is 5.91 Å². The summed E-state index contributed by atoms with van der Waals surface area (Å²) in [5, 5.41) is 10.9. The number of carbonyl (C=O) groups excluding carboxylic acids is 1. The van der Waals surface area contributed by atoms with E-state index in [2.05, 4.69) is 20.7 Å². The zero-order chi connectivity index (χ0) is 14.5. The maximum absolute atomic E-state index is 12.1. The molecule has 2 N–H and O–H groups in total. The lowest BCUT2D eigenvalue weighted by Crippen LogP contribution is -2.57. The zero-order valence-electron chi connectivity index (χ0n) is 12.6. The molecular formula is C15H25N5O. The Kier molecular flexibility index (Phi) is 4.53. The maximum Gasteiger partial charge on any atom is 0.222 e. The van der Waals surface area contributed by atoms with Gasteiger partial charge in [0.15, 0.2) is 0 Å². The Morgan fingerprint density at radius 1 is 1.38 bits per heavy atom. The monoisotopic (exact) mass is 291 g/mol. The van der Waals surface area contributed by atoms with Gasteiger partial charge >= 0.3 is 0 Å². The van der Waals surface area contributed by atoms with Crippen LogP contribution in [0.25, 0.3) is 0 Å². The largest absolute Gasteiger partial charge is 0.353 e. The zero-order valence-corrected chi connectivity index (χ0v) is 12.6. The van der Waals surface area contributed by atoms with Crippen LogP contribution in [0.2, 0.25) is 0 Å². The van der Waals surface area contributed by atoms with Crippen molar-refractivity contribution in [3.8, 4) is 0 Å². The Bertz CT molecular complexity index is 447. The van der Waals surface area contributed by atoms with E-state index >= 15 is 0 Å². The second-order valence-electron chi connectivity index (χ2n) is 6.43. The number of aryl methyl sites for hydroxylation is 1. The number of amides is 1. The van der Waals surface area contributed by atoms with E-state index in [4.69, 9.17) is 0 Å².